The lowest BCUT2D eigenvalue weighted by Crippen LogP contribution is -2.11. The van der Waals surface area contributed by atoms with Crippen molar-refractivity contribution >= 4 is 44.9 Å². The van der Waals surface area contributed by atoms with E-state index in [1.165, 1.54) is 11.3 Å². The van der Waals surface area contributed by atoms with Gasteiger partial charge >= 0.3 is 0 Å². The first-order chi connectivity index (χ1) is 11.2. The van der Waals surface area contributed by atoms with Gasteiger partial charge in [-0.05, 0) is 29.3 Å². The van der Waals surface area contributed by atoms with Gasteiger partial charge in [0.2, 0.25) is 5.13 Å². The van der Waals surface area contributed by atoms with Crippen LogP contribution >= 0.6 is 23.1 Å². The molecule has 0 bridgehead atoms. The molecule has 23 heavy (non-hydrogen) atoms. The molecule has 1 N–H and O–H groups in total. The van der Waals surface area contributed by atoms with E-state index < -0.39 is 0 Å². The quantitative estimate of drug-likeness (QED) is 0.532. The molecule has 0 saturated heterocycles. The average molecular weight is 343 g/mol. The smallest absolute Gasteiger partial charge is 0.257 e. The van der Waals surface area contributed by atoms with Gasteiger partial charge in [-0.15, -0.1) is 10.2 Å². The van der Waals surface area contributed by atoms with Gasteiger partial charge < -0.3 is 0 Å². The Hall–Kier alpha value is -1.92. The second-order valence-electron chi connectivity index (χ2n) is 5.23. The van der Waals surface area contributed by atoms with Crippen LogP contribution in [-0.2, 0) is 0 Å². The standard InChI is InChI=1S/C17H17N3OS2/c1-3-11(2)22-17-20-19-16(23-17)18-15(21)14-9-8-12-6-4-5-7-13(12)10-14/h4-11H,3H2,1-2H3,(H,18,19,21)/t11-/m0/s1. The topological polar surface area (TPSA) is 54.9 Å². The molecule has 0 unspecified atom stereocenters. The maximum atomic E-state index is 12.4. The van der Waals surface area contributed by atoms with Gasteiger partial charge in [0.25, 0.3) is 5.91 Å². The Morgan fingerprint density at radius 3 is 2.78 bits per heavy atom. The van der Waals surface area contributed by atoms with Crippen molar-refractivity contribution in [2.75, 3.05) is 5.32 Å². The summed E-state index contributed by atoms with van der Waals surface area (Å²) in [5.41, 5.74) is 0.620. The van der Waals surface area contributed by atoms with Gasteiger partial charge in [-0.1, -0.05) is 67.3 Å². The number of thioether (sulfide) groups is 1. The minimum absolute atomic E-state index is 0.160. The van der Waals surface area contributed by atoms with Crippen LogP contribution in [0.4, 0.5) is 5.13 Å². The molecule has 0 fully saturated rings. The summed E-state index contributed by atoms with van der Waals surface area (Å²) in [5, 5.41) is 14.2. The number of rotatable bonds is 5. The molecule has 1 heterocycles. The number of fused-ring (bicyclic) bond motifs is 1. The Kier molecular flexibility index (Phi) is 4.93. The molecule has 6 heteroatoms. The summed E-state index contributed by atoms with van der Waals surface area (Å²) in [6, 6.07) is 13.6. The Morgan fingerprint density at radius 1 is 1.22 bits per heavy atom. The van der Waals surface area contributed by atoms with Crippen LogP contribution in [0, 0.1) is 0 Å². The molecular formula is C17H17N3OS2. The fourth-order valence-corrected chi connectivity index (χ4v) is 4.06. The Balaban J connectivity index is 1.73. The highest BCUT2D eigenvalue weighted by atomic mass is 32.2. The highest BCUT2D eigenvalue weighted by Gasteiger charge is 2.12. The average Bonchev–Trinajstić information content (AvgIpc) is 3.01. The highest BCUT2D eigenvalue weighted by molar-refractivity contribution is 8.01. The van der Waals surface area contributed by atoms with Crippen LogP contribution in [0.3, 0.4) is 0 Å². The summed E-state index contributed by atoms with van der Waals surface area (Å²) in [7, 11) is 0. The summed E-state index contributed by atoms with van der Waals surface area (Å²) in [5.74, 6) is -0.160. The number of hydrogen-bond acceptors (Lipinski definition) is 5. The van der Waals surface area contributed by atoms with Crippen LogP contribution in [0.25, 0.3) is 10.8 Å². The fourth-order valence-electron chi connectivity index (χ4n) is 2.06. The molecule has 1 amide bonds. The molecule has 3 rings (SSSR count). The SMILES string of the molecule is CC[C@H](C)Sc1nnc(NC(=O)c2ccc3ccccc3c2)s1. The van der Waals surface area contributed by atoms with Crippen LogP contribution in [0.15, 0.2) is 46.8 Å². The highest BCUT2D eigenvalue weighted by Crippen LogP contribution is 2.30. The van der Waals surface area contributed by atoms with E-state index in [-0.39, 0.29) is 5.91 Å². The molecule has 0 radical (unpaired) electrons. The second-order valence-corrected chi connectivity index (χ2v) is 7.89. The molecule has 1 aromatic heterocycles. The van der Waals surface area contributed by atoms with E-state index in [0.29, 0.717) is 15.9 Å². The third kappa shape index (κ3) is 3.89. The maximum Gasteiger partial charge on any atom is 0.257 e. The van der Waals surface area contributed by atoms with Crippen LogP contribution in [0.2, 0.25) is 0 Å². The zero-order valence-corrected chi connectivity index (χ0v) is 14.6. The Bertz CT molecular complexity index is 831. The molecule has 1 atom stereocenters. The van der Waals surface area contributed by atoms with E-state index in [2.05, 4.69) is 29.4 Å². The van der Waals surface area contributed by atoms with Crippen LogP contribution in [0.5, 0.6) is 0 Å². The van der Waals surface area contributed by atoms with E-state index in [1.54, 1.807) is 11.8 Å². The van der Waals surface area contributed by atoms with Crippen molar-refractivity contribution in [1.82, 2.24) is 10.2 Å². The number of anilines is 1. The van der Waals surface area contributed by atoms with Gasteiger partial charge in [-0.2, -0.15) is 0 Å². The summed E-state index contributed by atoms with van der Waals surface area (Å²) in [6.07, 6.45) is 1.07. The third-order valence-electron chi connectivity index (χ3n) is 3.52. The van der Waals surface area contributed by atoms with Crippen molar-refractivity contribution in [2.24, 2.45) is 0 Å². The predicted octanol–water partition coefficient (Wildman–Crippen LogP) is 4.83. The zero-order chi connectivity index (χ0) is 16.2. The van der Waals surface area contributed by atoms with Crippen LogP contribution in [0.1, 0.15) is 30.6 Å². The van der Waals surface area contributed by atoms with Crippen LogP contribution in [-0.4, -0.2) is 21.4 Å². The van der Waals surface area contributed by atoms with E-state index in [4.69, 9.17) is 0 Å². The maximum absolute atomic E-state index is 12.4. The number of carbonyl (C=O) groups is 1. The van der Waals surface area contributed by atoms with Crippen molar-refractivity contribution in [1.29, 1.82) is 0 Å². The molecule has 4 nitrogen and oxygen atoms in total. The van der Waals surface area contributed by atoms with E-state index in [9.17, 15) is 4.79 Å². The largest absolute Gasteiger partial charge is 0.296 e. The zero-order valence-electron chi connectivity index (χ0n) is 12.9. The van der Waals surface area contributed by atoms with Crippen LogP contribution < -0.4 is 5.32 Å². The van der Waals surface area contributed by atoms with Gasteiger partial charge in [-0.3, -0.25) is 10.1 Å². The summed E-state index contributed by atoms with van der Waals surface area (Å²) < 4.78 is 0.883. The van der Waals surface area contributed by atoms with E-state index in [0.717, 1.165) is 21.5 Å². The molecular weight excluding hydrogens is 326 g/mol. The molecule has 118 valence electrons. The minimum atomic E-state index is -0.160. The second kappa shape index (κ2) is 7.10. The summed E-state index contributed by atoms with van der Waals surface area (Å²) in [6.45, 7) is 4.29. The van der Waals surface area contributed by atoms with Gasteiger partial charge in [0, 0.05) is 10.8 Å². The first kappa shape index (κ1) is 16.0. The molecule has 0 aliphatic carbocycles. The van der Waals surface area contributed by atoms with Gasteiger partial charge in [0.1, 0.15) is 0 Å². The molecule has 0 saturated carbocycles. The summed E-state index contributed by atoms with van der Waals surface area (Å²) >= 11 is 3.09. The number of carbonyl (C=O) groups excluding carboxylic acids is 1. The van der Waals surface area contributed by atoms with Gasteiger partial charge in [0.05, 0.1) is 0 Å². The minimum Gasteiger partial charge on any atom is -0.296 e. The normalized spacial score (nSPS) is 12.3. The lowest BCUT2D eigenvalue weighted by molar-refractivity contribution is 0.102. The molecule has 2 aromatic carbocycles. The Labute approximate surface area is 143 Å². The van der Waals surface area contributed by atoms with Crippen molar-refractivity contribution in [3.05, 3.63) is 48.0 Å². The number of hydrogen-bond donors (Lipinski definition) is 1. The first-order valence-electron chi connectivity index (χ1n) is 7.46. The van der Waals surface area contributed by atoms with E-state index >= 15 is 0 Å². The number of nitrogens with one attached hydrogen (secondary N) is 1. The van der Waals surface area contributed by atoms with Crippen molar-refractivity contribution in [3.63, 3.8) is 0 Å². The molecule has 0 aliphatic rings. The van der Waals surface area contributed by atoms with Crippen molar-refractivity contribution < 1.29 is 4.79 Å². The lowest BCUT2D eigenvalue weighted by Gasteiger charge is -2.04. The first-order valence-corrected chi connectivity index (χ1v) is 9.15. The van der Waals surface area contributed by atoms with Gasteiger partial charge in [0.15, 0.2) is 4.34 Å². The molecule has 0 aliphatic heterocycles. The monoisotopic (exact) mass is 343 g/mol. The number of benzene rings is 2. The van der Waals surface area contributed by atoms with Crippen molar-refractivity contribution in [3.8, 4) is 0 Å². The Morgan fingerprint density at radius 2 is 2.00 bits per heavy atom. The molecule has 3 aromatic rings. The number of amides is 1. The summed E-state index contributed by atoms with van der Waals surface area (Å²) in [4.78, 5) is 12.4. The third-order valence-corrected chi connectivity index (χ3v) is 5.71. The molecule has 0 spiro atoms. The number of aromatic nitrogens is 2. The van der Waals surface area contributed by atoms with Gasteiger partial charge in [-0.25, -0.2) is 0 Å². The lowest BCUT2D eigenvalue weighted by atomic mass is 10.1. The van der Waals surface area contributed by atoms with Crippen molar-refractivity contribution in [2.45, 2.75) is 29.9 Å². The van der Waals surface area contributed by atoms with E-state index in [1.807, 2.05) is 42.5 Å². The number of nitrogens with zero attached hydrogens (tertiary/aromatic N) is 2. The fraction of sp³-hybridized carbons (Fsp3) is 0.235. The predicted molar refractivity (Wildman–Crippen MR) is 97.4 cm³/mol.